The van der Waals surface area contributed by atoms with Crippen LogP contribution in [-0.2, 0) is 9.53 Å². The molecule has 1 N–H and O–H groups in total. The van der Waals surface area contributed by atoms with E-state index in [1.165, 1.54) is 4.90 Å². The highest BCUT2D eigenvalue weighted by Gasteiger charge is 2.22. The second-order valence-electron chi connectivity index (χ2n) is 7.19. The lowest BCUT2D eigenvalue weighted by molar-refractivity contribution is -0.122. The van der Waals surface area contributed by atoms with E-state index in [1.807, 2.05) is 49.4 Å². The van der Waals surface area contributed by atoms with Crippen molar-refractivity contribution in [1.29, 1.82) is 0 Å². The van der Waals surface area contributed by atoms with Crippen molar-refractivity contribution >= 4 is 22.8 Å². The Morgan fingerprint density at radius 1 is 1.12 bits per heavy atom. The number of fused-ring (bicyclic) bond motifs is 1. The molecule has 0 aliphatic heterocycles. The molecular formula is C20H26N2O3. The summed E-state index contributed by atoms with van der Waals surface area (Å²) in [4.78, 5) is 25.5. The molecule has 0 spiro atoms. The number of carbonyl (C=O) groups excluding carboxylic acids is 2. The van der Waals surface area contributed by atoms with Gasteiger partial charge < -0.3 is 15.0 Å². The van der Waals surface area contributed by atoms with Crippen LogP contribution >= 0.6 is 0 Å². The zero-order valence-corrected chi connectivity index (χ0v) is 15.5. The molecule has 134 valence electrons. The topological polar surface area (TPSA) is 58.6 Å². The van der Waals surface area contributed by atoms with Gasteiger partial charge in [-0.25, -0.2) is 4.79 Å². The Balaban J connectivity index is 2.01. The van der Waals surface area contributed by atoms with Crippen molar-refractivity contribution in [2.45, 2.75) is 39.3 Å². The number of hydrogen-bond donors (Lipinski definition) is 1. The van der Waals surface area contributed by atoms with Crippen LogP contribution in [-0.4, -0.2) is 36.1 Å². The minimum atomic E-state index is -0.585. The Kier molecular flexibility index (Phi) is 5.67. The van der Waals surface area contributed by atoms with E-state index in [2.05, 4.69) is 5.32 Å². The van der Waals surface area contributed by atoms with E-state index >= 15 is 0 Å². The molecule has 5 heteroatoms. The van der Waals surface area contributed by atoms with Gasteiger partial charge in [0.15, 0.2) is 0 Å². The lowest BCUT2D eigenvalue weighted by Gasteiger charge is -2.25. The Hall–Kier alpha value is -2.56. The molecule has 2 aromatic carbocycles. The van der Waals surface area contributed by atoms with Crippen molar-refractivity contribution in [3.8, 4) is 0 Å². The second kappa shape index (κ2) is 7.55. The first-order valence-electron chi connectivity index (χ1n) is 8.38. The summed E-state index contributed by atoms with van der Waals surface area (Å²) < 4.78 is 5.25. The maximum atomic E-state index is 12.3. The molecule has 0 fully saturated rings. The van der Waals surface area contributed by atoms with Gasteiger partial charge in [-0.05, 0) is 44.0 Å². The number of nitrogens with zero attached hydrogens (tertiary/aromatic N) is 1. The van der Waals surface area contributed by atoms with Crippen molar-refractivity contribution in [2.24, 2.45) is 0 Å². The summed E-state index contributed by atoms with van der Waals surface area (Å²) in [6, 6.07) is 13.9. The molecule has 0 saturated heterocycles. The standard InChI is InChI=1S/C20H26N2O3/c1-14(16-12-8-10-15-9-6-7-11-17(15)16)21-18(23)13-22(5)19(24)25-20(2,3)4/h6-12,14H,13H2,1-5H3,(H,21,23). The van der Waals surface area contributed by atoms with Gasteiger partial charge in [0.1, 0.15) is 12.1 Å². The minimum Gasteiger partial charge on any atom is -0.444 e. The fraction of sp³-hybridized carbons (Fsp3) is 0.400. The monoisotopic (exact) mass is 342 g/mol. The lowest BCUT2D eigenvalue weighted by Crippen LogP contribution is -2.41. The molecule has 25 heavy (non-hydrogen) atoms. The highest BCUT2D eigenvalue weighted by atomic mass is 16.6. The summed E-state index contributed by atoms with van der Waals surface area (Å²) in [6.07, 6.45) is -0.513. The van der Waals surface area contributed by atoms with E-state index < -0.39 is 11.7 Å². The molecule has 0 heterocycles. The molecule has 0 aliphatic rings. The second-order valence-corrected chi connectivity index (χ2v) is 7.19. The zero-order valence-electron chi connectivity index (χ0n) is 15.5. The normalized spacial score (nSPS) is 12.5. The predicted molar refractivity (Wildman–Crippen MR) is 99.4 cm³/mol. The number of rotatable bonds is 4. The van der Waals surface area contributed by atoms with Gasteiger partial charge in [0.25, 0.3) is 0 Å². The van der Waals surface area contributed by atoms with Crippen LogP contribution in [0.25, 0.3) is 10.8 Å². The van der Waals surface area contributed by atoms with Crippen LogP contribution in [0.3, 0.4) is 0 Å². The van der Waals surface area contributed by atoms with Gasteiger partial charge >= 0.3 is 6.09 Å². The van der Waals surface area contributed by atoms with Crippen molar-refractivity contribution in [1.82, 2.24) is 10.2 Å². The quantitative estimate of drug-likeness (QED) is 0.917. The number of nitrogens with one attached hydrogen (secondary N) is 1. The van der Waals surface area contributed by atoms with Gasteiger partial charge in [0.05, 0.1) is 6.04 Å². The molecule has 1 atom stereocenters. The molecule has 1 unspecified atom stereocenters. The minimum absolute atomic E-state index is 0.0516. The van der Waals surface area contributed by atoms with E-state index in [9.17, 15) is 9.59 Å². The maximum Gasteiger partial charge on any atom is 0.410 e. The van der Waals surface area contributed by atoms with Gasteiger partial charge in [0, 0.05) is 7.05 Å². The average molecular weight is 342 g/mol. The Morgan fingerprint density at radius 2 is 1.76 bits per heavy atom. The molecule has 2 rings (SSSR count). The number of amides is 2. The number of likely N-dealkylation sites (N-methyl/N-ethyl adjacent to an activating group) is 1. The van der Waals surface area contributed by atoms with Crippen molar-refractivity contribution in [3.05, 3.63) is 48.0 Å². The molecule has 2 aromatic rings. The molecule has 2 amide bonds. The largest absolute Gasteiger partial charge is 0.444 e. The fourth-order valence-corrected chi connectivity index (χ4v) is 2.61. The van der Waals surface area contributed by atoms with Crippen molar-refractivity contribution < 1.29 is 14.3 Å². The molecular weight excluding hydrogens is 316 g/mol. The average Bonchev–Trinajstić information content (AvgIpc) is 2.52. The SMILES string of the molecule is CC(NC(=O)CN(C)C(=O)OC(C)(C)C)c1cccc2ccccc12. The number of carbonyl (C=O) groups is 2. The molecule has 0 bridgehead atoms. The van der Waals surface area contributed by atoms with E-state index in [0.717, 1.165) is 16.3 Å². The van der Waals surface area contributed by atoms with E-state index in [4.69, 9.17) is 4.74 Å². The summed E-state index contributed by atoms with van der Waals surface area (Å²) in [7, 11) is 1.55. The highest BCUT2D eigenvalue weighted by molar-refractivity contribution is 5.87. The smallest absolute Gasteiger partial charge is 0.410 e. The van der Waals surface area contributed by atoms with E-state index in [0.29, 0.717) is 0 Å². The van der Waals surface area contributed by atoms with Crippen molar-refractivity contribution in [3.63, 3.8) is 0 Å². The summed E-state index contributed by atoms with van der Waals surface area (Å²) in [5, 5.41) is 5.19. The predicted octanol–water partition coefficient (Wildman–Crippen LogP) is 3.88. The van der Waals surface area contributed by atoms with Gasteiger partial charge in [-0.1, -0.05) is 42.5 Å². The molecule has 0 saturated carbocycles. The Bertz CT molecular complexity index is 760. The van der Waals surface area contributed by atoms with Crippen LogP contribution in [0.5, 0.6) is 0 Å². The number of ether oxygens (including phenoxy) is 1. The van der Waals surface area contributed by atoms with Crippen molar-refractivity contribution in [2.75, 3.05) is 13.6 Å². The summed E-state index contributed by atoms with van der Waals surface area (Å²) in [6.45, 7) is 7.27. The molecule has 5 nitrogen and oxygen atoms in total. The highest BCUT2D eigenvalue weighted by Crippen LogP contribution is 2.23. The molecule has 0 aromatic heterocycles. The third kappa shape index (κ3) is 5.21. The van der Waals surface area contributed by atoms with Gasteiger partial charge in [-0.15, -0.1) is 0 Å². The zero-order chi connectivity index (χ0) is 18.6. The van der Waals surface area contributed by atoms with E-state index in [-0.39, 0.29) is 18.5 Å². The Labute approximate surface area is 149 Å². The number of hydrogen-bond acceptors (Lipinski definition) is 3. The summed E-state index contributed by atoms with van der Waals surface area (Å²) in [5.41, 5.74) is 0.462. The first kappa shape index (κ1) is 18.8. The third-order valence-electron chi connectivity index (χ3n) is 3.75. The van der Waals surface area contributed by atoms with Crippen LogP contribution in [0.4, 0.5) is 4.79 Å². The van der Waals surface area contributed by atoms with Crippen LogP contribution in [0.2, 0.25) is 0 Å². The first-order chi connectivity index (χ1) is 11.7. The van der Waals surface area contributed by atoms with Gasteiger partial charge in [0.2, 0.25) is 5.91 Å². The lowest BCUT2D eigenvalue weighted by atomic mass is 10.00. The maximum absolute atomic E-state index is 12.3. The Morgan fingerprint density at radius 3 is 2.44 bits per heavy atom. The van der Waals surface area contributed by atoms with E-state index in [1.54, 1.807) is 27.8 Å². The third-order valence-corrected chi connectivity index (χ3v) is 3.75. The number of benzene rings is 2. The van der Waals surface area contributed by atoms with Gasteiger partial charge in [-0.3, -0.25) is 4.79 Å². The summed E-state index contributed by atoms with van der Waals surface area (Å²) in [5.74, 6) is -0.228. The van der Waals surface area contributed by atoms with Crippen LogP contribution in [0.15, 0.2) is 42.5 Å². The van der Waals surface area contributed by atoms with Crippen LogP contribution in [0, 0.1) is 0 Å². The summed E-state index contributed by atoms with van der Waals surface area (Å²) >= 11 is 0. The molecule has 0 aliphatic carbocycles. The fourth-order valence-electron chi connectivity index (χ4n) is 2.61. The first-order valence-corrected chi connectivity index (χ1v) is 8.38. The van der Waals surface area contributed by atoms with Crippen LogP contribution in [0.1, 0.15) is 39.3 Å². The van der Waals surface area contributed by atoms with Gasteiger partial charge in [-0.2, -0.15) is 0 Å². The molecule has 0 radical (unpaired) electrons. The van der Waals surface area contributed by atoms with Crippen LogP contribution < -0.4 is 5.32 Å².